The van der Waals surface area contributed by atoms with Gasteiger partial charge < -0.3 is 9.80 Å². The van der Waals surface area contributed by atoms with Gasteiger partial charge in [-0.15, -0.1) is 0 Å². The van der Waals surface area contributed by atoms with Crippen LogP contribution in [0, 0.1) is 17.7 Å². The lowest BCUT2D eigenvalue weighted by atomic mass is 9.97. The number of likely N-dealkylation sites (tertiary alicyclic amines) is 1. The minimum Gasteiger partial charge on any atom is -0.342 e. The molecule has 118 valence electrons. The van der Waals surface area contributed by atoms with Crippen molar-refractivity contribution in [3.8, 4) is 0 Å². The summed E-state index contributed by atoms with van der Waals surface area (Å²) in [4.78, 5) is 28.0. The first-order valence-electron chi connectivity index (χ1n) is 7.90. The van der Waals surface area contributed by atoms with E-state index in [1.165, 1.54) is 11.0 Å². The molecule has 0 aliphatic carbocycles. The molecule has 2 aliphatic heterocycles. The molecule has 2 fully saturated rings. The van der Waals surface area contributed by atoms with E-state index in [1.807, 2.05) is 4.90 Å². The van der Waals surface area contributed by atoms with Crippen LogP contribution in [0.3, 0.4) is 0 Å². The second-order valence-corrected chi connectivity index (χ2v) is 6.36. The van der Waals surface area contributed by atoms with Gasteiger partial charge >= 0.3 is 0 Å². The summed E-state index contributed by atoms with van der Waals surface area (Å²) < 4.78 is 13.9. The highest BCUT2D eigenvalue weighted by Gasteiger charge is 2.38. The van der Waals surface area contributed by atoms with Crippen LogP contribution in [0.25, 0.3) is 0 Å². The molecule has 0 radical (unpaired) electrons. The topological polar surface area (TPSA) is 40.6 Å². The Kier molecular flexibility index (Phi) is 4.14. The zero-order valence-electron chi connectivity index (χ0n) is 12.8. The van der Waals surface area contributed by atoms with Crippen molar-refractivity contribution in [2.24, 2.45) is 11.8 Å². The lowest BCUT2D eigenvalue weighted by Crippen LogP contribution is -2.42. The summed E-state index contributed by atoms with van der Waals surface area (Å²) in [5.74, 6) is -0.242. The van der Waals surface area contributed by atoms with Crippen molar-refractivity contribution in [2.45, 2.75) is 26.2 Å². The van der Waals surface area contributed by atoms with Gasteiger partial charge in [0.05, 0.1) is 11.6 Å². The summed E-state index contributed by atoms with van der Waals surface area (Å²) in [6.07, 6.45) is 2.21. The van der Waals surface area contributed by atoms with E-state index in [0.29, 0.717) is 5.92 Å². The van der Waals surface area contributed by atoms with Crippen LogP contribution in [0.1, 0.15) is 26.2 Å². The number of carbonyl (C=O) groups excluding carboxylic acids is 2. The predicted octanol–water partition coefficient (Wildman–Crippen LogP) is 2.44. The fourth-order valence-electron chi connectivity index (χ4n) is 3.26. The van der Waals surface area contributed by atoms with E-state index < -0.39 is 5.82 Å². The van der Waals surface area contributed by atoms with E-state index in [0.717, 1.165) is 25.9 Å². The molecular weight excluding hydrogens is 283 g/mol. The van der Waals surface area contributed by atoms with Crippen molar-refractivity contribution in [2.75, 3.05) is 24.5 Å². The van der Waals surface area contributed by atoms with E-state index in [2.05, 4.69) is 6.92 Å². The van der Waals surface area contributed by atoms with Gasteiger partial charge in [0.2, 0.25) is 11.8 Å². The Labute approximate surface area is 129 Å². The second kappa shape index (κ2) is 6.07. The summed E-state index contributed by atoms with van der Waals surface area (Å²) in [6, 6.07) is 6.22. The van der Waals surface area contributed by atoms with Crippen LogP contribution in [0.4, 0.5) is 10.1 Å². The van der Waals surface area contributed by atoms with Crippen LogP contribution in [0.15, 0.2) is 24.3 Å². The molecule has 4 nitrogen and oxygen atoms in total. The Hall–Kier alpha value is -1.91. The molecule has 22 heavy (non-hydrogen) atoms. The van der Waals surface area contributed by atoms with Crippen molar-refractivity contribution >= 4 is 17.5 Å². The number of amides is 2. The Morgan fingerprint density at radius 1 is 1.23 bits per heavy atom. The van der Waals surface area contributed by atoms with Gasteiger partial charge in [0.15, 0.2) is 0 Å². The van der Waals surface area contributed by atoms with E-state index in [-0.39, 0.29) is 36.4 Å². The van der Waals surface area contributed by atoms with E-state index in [4.69, 9.17) is 0 Å². The molecular formula is C17H21FN2O2. The maximum atomic E-state index is 13.9. The van der Waals surface area contributed by atoms with E-state index >= 15 is 0 Å². The van der Waals surface area contributed by atoms with Gasteiger partial charge in [-0.1, -0.05) is 19.1 Å². The van der Waals surface area contributed by atoms with E-state index in [9.17, 15) is 14.0 Å². The third kappa shape index (κ3) is 2.85. The van der Waals surface area contributed by atoms with Crippen molar-refractivity contribution in [1.29, 1.82) is 0 Å². The van der Waals surface area contributed by atoms with Gasteiger partial charge in [0.25, 0.3) is 0 Å². The Morgan fingerprint density at radius 2 is 1.91 bits per heavy atom. The Morgan fingerprint density at radius 3 is 2.59 bits per heavy atom. The SMILES string of the molecule is CC1CCN(C(=O)C2CC(=O)N(c3ccccc3F)C2)CC1. The van der Waals surface area contributed by atoms with E-state index in [1.54, 1.807) is 18.2 Å². The summed E-state index contributed by atoms with van der Waals surface area (Å²) in [6.45, 7) is 4.01. The molecule has 0 saturated carbocycles. The summed E-state index contributed by atoms with van der Waals surface area (Å²) >= 11 is 0. The molecule has 2 heterocycles. The molecule has 2 aliphatic rings. The molecule has 5 heteroatoms. The van der Waals surface area contributed by atoms with Gasteiger partial charge in [0.1, 0.15) is 5.82 Å². The normalized spacial score (nSPS) is 23.2. The van der Waals surface area contributed by atoms with Crippen LogP contribution in [-0.2, 0) is 9.59 Å². The van der Waals surface area contributed by atoms with Gasteiger partial charge in [-0.2, -0.15) is 0 Å². The average Bonchev–Trinajstić information content (AvgIpc) is 2.90. The van der Waals surface area contributed by atoms with Crippen molar-refractivity contribution in [3.63, 3.8) is 0 Å². The van der Waals surface area contributed by atoms with Gasteiger partial charge in [-0.05, 0) is 30.9 Å². The minimum absolute atomic E-state index is 0.0408. The van der Waals surface area contributed by atoms with Crippen LogP contribution in [-0.4, -0.2) is 36.3 Å². The van der Waals surface area contributed by atoms with Gasteiger partial charge in [-0.3, -0.25) is 9.59 Å². The zero-order valence-corrected chi connectivity index (χ0v) is 12.8. The first-order chi connectivity index (χ1) is 10.6. The molecule has 2 saturated heterocycles. The third-order valence-electron chi connectivity index (χ3n) is 4.71. The lowest BCUT2D eigenvalue weighted by molar-refractivity contribution is -0.137. The Balaban J connectivity index is 1.69. The molecule has 0 N–H and O–H groups in total. The van der Waals surface area contributed by atoms with Crippen LogP contribution < -0.4 is 4.90 Å². The summed E-state index contributed by atoms with van der Waals surface area (Å²) in [7, 11) is 0. The van der Waals surface area contributed by atoms with Crippen LogP contribution in [0.5, 0.6) is 0 Å². The Bertz CT molecular complexity index is 582. The number of halogens is 1. The number of piperidine rings is 1. The first kappa shape index (κ1) is 15.0. The lowest BCUT2D eigenvalue weighted by Gasteiger charge is -2.32. The molecule has 0 aromatic heterocycles. The smallest absolute Gasteiger partial charge is 0.228 e. The largest absolute Gasteiger partial charge is 0.342 e. The summed E-state index contributed by atoms with van der Waals surface area (Å²) in [5, 5.41) is 0. The molecule has 0 bridgehead atoms. The number of hydrogen-bond acceptors (Lipinski definition) is 2. The molecule has 1 unspecified atom stereocenters. The number of nitrogens with zero attached hydrogens (tertiary/aromatic N) is 2. The second-order valence-electron chi connectivity index (χ2n) is 6.36. The number of para-hydroxylation sites is 1. The highest BCUT2D eigenvalue weighted by Crippen LogP contribution is 2.29. The fraction of sp³-hybridized carbons (Fsp3) is 0.529. The van der Waals surface area contributed by atoms with Crippen LogP contribution >= 0.6 is 0 Å². The quantitative estimate of drug-likeness (QED) is 0.842. The monoisotopic (exact) mass is 304 g/mol. The number of benzene rings is 1. The first-order valence-corrected chi connectivity index (χ1v) is 7.90. The van der Waals surface area contributed by atoms with Crippen LogP contribution in [0.2, 0.25) is 0 Å². The van der Waals surface area contributed by atoms with Gasteiger partial charge in [-0.25, -0.2) is 4.39 Å². The van der Waals surface area contributed by atoms with Gasteiger partial charge in [0, 0.05) is 26.1 Å². The molecule has 3 rings (SSSR count). The maximum Gasteiger partial charge on any atom is 0.228 e. The number of anilines is 1. The predicted molar refractivity (Wildman–Crippen MR) is 81.8 cm³/mol. The maximum absolute atomic E-state index is 13.9. The van der Waals surface area contributed by atoms with Crippen molar-refractivity contribution < 1.29 is 14.0 Å². The highest BCUT2D eigenvalue weighted by atomic mass is 19.1. The summed E-state index contributed by atoms with van der Waals surface area (Å²) in [5.41, 5.74) is 0.273. The molecule has 1 aromatic carbocycles. The zero-order chi connectivity index (χ0) is 15.7. The van der Waals surface area contributed by atoms with Crippen molar-refractivity contribution in [3.05, 3.63) is 30.1 Å². The highest BCUT2D eigenvalue weighted by molar-refractivity contribution is 6.00. The number of hydrogen-bond donors (Lipinski definition) is 0. The van der Waals surface area contributed by atoms with Crippen molar-refractivity contribution in [1.82, 2.24) is 4.90 Å². The fourth-order valence-corrected chi connectivity index (χ4v) is 3.26. The molecule has 2 amide bonds. The molecule has 0 spiro atoms. The number of rotatable bonds is 2. The minimum atomic E-state index is -0.421. The average molecular weight is 304 g/mol. The third-order valence-corrected chi connectivity index (χ3v) is 4.71. The molecule has 1 atom stereocenters. The standard InChI is InChI=1S/C17H21FN2O2/c1-12-6-8-19(9-7-12)17(22)13-10-16(21)20(11-13)15-5-3-2-4-14(15)18/h2-5,12-13H,6-11H2,1H3. The number of carbonyl (C=O) groups is 2. The molecule has 1 aromatic rings.